The molecular weight excluding hydrogens is 420 g/mol. The first-order valence-electron chi connectivity index (χ1n) is 11.0. The van der Waals surface area contributed by atoms with Crippen LogP contribution >= 0.6 is 0 Å². The van der Waals surface area contributed by atoms with E-state index in [2.05, 4.69) is 22.0 Å². The molecule has 0 bridgehead atoms. The number of aryl methyl sites for hydroxylation is 1. The molecule has 1 N–H and O–H groups in total. The van der Waals surface area contributed by atoms with Crippen LogP contribution in [0, 0.1) is 18.8 Å². The van der Waals surface area contributed by atoms with Crippen molar-refractivity contribution < 1.29 is 23.8 Å². The standard InChI is InChI=1S/C26H26N2O5/c1-17-27-28-26(32-17)21-7-5-6-18(14-21)10-11-20(16-25(29)30)19-12-13-23(31-2)24(15-19)33-22-8-3-4-9-22/h5-7,12-15,20,22H,3-4,8-9,16H2,1-2H3,(H,29,30). The van der Waals surface area contributed by atoms with Gasteiger partial charge in [0.2, 0.25) is 11.8 Å². The number of rotatable bonds is 7. The van der Waals surface area contributed by atoms with Crippen molar-refractivity contribution >= 4 is 5.97 Å². The van der Waals surface area contributed by atoms with Crippen molar-refractivity contribution in [2.45, 2.75) is 51.0 Å². The van der Waals surface area contributed by atoms with Crippen molar-refractivity contribution in [3.63, 3.8) is 0 Å². The lowest BCUT2D eigenvalue weighted by Gasteiger charge is -2.18. The van der Waals surface area contributed by atoms with E-state index in [4.69, 9.17) is 13.9 Å². The molecular formula is C26H26N2O5. The molecule has 0 radical (unpaired) electrons. The third-order valence-electron chi connectivity index (χ3n) is 5.59. The molecule has 1 saturated carbocycles. The fraction of sp³-hybridized carbons (Fsp3) is 0.346. The number of methoxy groups -OCH3 is 1. The van der Waals surface area contributed by atoms with Gasteiger partial charge >= 0.3 is 5.97 Å². The van der Waals surface area contributed by atoms with Gasteiger partial charge in [0.1, 0.15) is 0 Å². The number of aliphatic carboxylic acids is 1. The predicted octanol–water partition coefficient (Wildman–Crippen LogP) is 4.99. The Kier molecular flexibility index (Phi) is 6.94. The maximum absolute atomic E-state index is 11.6. The smallest absolute Gasteiger partial charge is 0.304 e. The third kappa shape index (κ3) is 5.72. The fourth-order valence-corrected chi connectivity index (χ4v) is 3.93. The number of nitrogens with zero attached hydrogens (tertiary/aromatic N) is 2. The minimum Gasteiger partial charge on any atom is -0.493 e. The Labute approximate surface area is 192 Å². The molecule has 7 nitrogen and oxygen atoms in total. The molecule has 1 atom stereocenters. The lowest BCUT2D eigenvalue weighted by molar-refractivity contribution is -0.137. The number of aromatic nitrogens is 2. The van der Waals surface area contributed by atoms with Crippen molar-refractivity contribution in [2.75, 3.05) is 7.11 Å². The maximum atomic E-state index is 11.6. The second-order valence-electron chi connectivity index (χ2n) is 8.06. The Hall–Kier alpha value is -3.79. The number of carboxylic acids is 1. The lowest BCUT2D eigenvalue weighted by atomic mass is 9.95. The zero-order chi connectivity index (χ0) is 23.2. The summed E-state index contributed by atoms with van der Waals surface area (Å²) >= 11 is 0. The second kappa shape index (κ2) is 10.2. The highest BCUT2D eigenvalue weighted by Gasteiger charge is 2.21. The van der Waals surface area contributed by atoms with Crippen molar-refractivity contribution in [3.8, 4) is 34.8 Å². The van der Waals surface area contributed by atoms with Crippen molar-refractivity contribution in [2.24, 2.45) is 0 Å². The Balaban J connectivity index is 1.62. The fourth-order valence-electron chi connectivity index (χ4n) is 3.93. The number of carboxylic acid groups (broad SMARTS) is 1. The molecule has 0 aliphatic heterocycles. The summed E-state index contributed by atoms with van der Waals surface area (Å²) in [7, 11) is 1.60. The van der Waals surface area contributed by atoms with Crippen LogP contribution in [0.3, 0.4) is 0 Å². The van der Waals surface area contributed by atoms with Gasteiger partial charge < -0.3 is 19.0 Å². The molecule has 1 aromatic heterocycles. The summed E-state index contributed by atoms with van der Waals surface area (Å²) in [6, 6.07) is 12.9. The van der Waals surface area contributed by atoms with Crippen LogP contribution in [-0.4, -0.2) is 34.5 Å². The van der Waals surface area contributed by atoms with E-state index >= 15 is 0 Å². The summed E-state index contributed by atoms with van der Waals surface area (Å²) < 4.78 is 17.1. The normalized spacial score (nSPS) is 14.4. The Bertz CT molecular complexity index is 1180. The Morgan fingerprint density at radius 3 is 2.70 bits per heavy atom. The van der Waals surface area contributed by atoms with Gasteiger partial charge in [-0.1, -0.05) is 24.0 Å². The molecule has 33 heavy (non-hydrogen) atoms. The summed E-state index contributed by atoms with van der Waals surface area (Å²) in [5, 5.41) is 17.4. The molecule has 1 unspecified atom stereocenters. The molecule has 0 amide bonds. The SMILES string of the molecule is COc1ccc(C(C#Cc2cccc(-c3nnc(C)o3)c2)CC(=O)O)cc1OC1CCCC1. The van der Waals surface area contributed by atoms with Crippen LogP contribution < -0.4 is 9.47 Å². The molecule has 1 aliphatic rings. The first kappa shape index (κ1) is 22.4. The molecule has 1 heterocycles. The van der Waals surface area contributed by atoms with Crippen molar-refractivity contribution in [1.82, 2.24) is 10.2 Å². The summed E-state index contributed by atoms with van der Waals surface area (Å²) in [4.78, 5) is 11.6. The van der Waals surface area contributed by atoms with Crippen molar-refractivity contribution in [3.05, 3.63) is 59.5 Å². The zero-order valence-electron chi connectivity index (χ0n) is 18.7. The van der Waals surface area contributed by atoms with E-state index in [1.165, 1.54) is 0 Å². The highest BCUT2D eigenvalue weighted by molar-refractivity contribution is 5.69. The van der Waals surface area contributed by atoms with Crippen LogP contribution in [0.2, 0.25) is 0 Å². The summed E-state index contributed by atoms with van der Waals surface area (Å²) in [5.74, 6) is 6.99. The summed E-state index contributed by atoms with van der Waals surface area (Å²) in [6.07, 6.45) is 4.38. The molecule has 3 aromatic rings. The van der Waals surface area contributed by atoms with E-state index < -0.39 is 11.9 Å². The van der Waals surface area contributed by atoms with Crippen molar-refractivity contribution in [1.29, 1.82) is 0 Å². The average molecular weight is 447 g/mol. The topological polar surface area (TPSA) is 94.7 Å². The number of carbonyl (C=O) groups is 1. The van der Waals surface area contributed by atoms with Gasteiger partial charge in [-0.25, -0.2) is 0 Å². The number of benzene rings is 2. The molecule has 1 aliphatic carbocycles. The quantitative estimate of drug-likeness (QED) is 0.511. The predicted molar refractivity (Wildman–Crippen MR) is 122 cm³/mol. The number of hydrogen-bond donors (Lipinski definition) is 1. The zero-order valence-corrected chi connectivity index (χ0v) is 18.7. The number of ether oxygens (including phenoxy) is 2. The molecule has 170 valence electrons. The van der Waals surface area contributed by atoms with E-state index in [1.807, 2.05) is 42.5 Å². The van der Waals surface area contributed by atoms with Gasteiger partial charge in [-0.2, -0.15) is 0 Å². The minimum absolute atomic E-state index is 0.120. The van der Waals surface area contributed by atoms with E-state index in [1.54, 1.807) is 14.0 Å². The van der Waals surface area contributed by atoms with Gasteiger partial charge in [0.05, 0.1) is 25.6 Å². The molecule has 0 spiro atoms. The molecule has 7 heteroatoms. The second-order valence-corrected chi connectivity index (χ2v) is 8.06. The number of hydrogen-bond acceptors (Lipinski definition) is 6. The van der Waals surface area contributed by atoms with Gasteiger partial charge in [-0.05, 0) is 61.6 Å². The Morgan fingerprint density at radius 2 is 2.00 bits per heavy atom. The lowest BCUT2D eigenvalue weighted by Crippen LogP contribution is -2.12. The van der Waals surface area contributed by atoms with E-state index in [-0.39, 0.29) is 12.5 Å². The molecule has 2 aromatic carbocycles. The highest BCUT2D eigenvalue weighted by atomic mass is 16.5. The van der Waals surface area contributed by atoms with Crippen LogP contribution in [-0.2, 0) is 4.79 Å². The monoisotopic (exact) mass is 446 g/mol. The summed E-state index contributed by atoms with van der Waals surface area (Å²) in [6.45, 7) is 1.73. The van der Waals surface area contributed by atoms with Gasteiger partial charge in [0, 0.05) is 18.1 Å². The van der Waals surface area contributed by atoms with E-state index in [0.29, 0.717) is 23.3 Å². The van der Waals surface area contributed by atoms with Gasteiger partial charge in [-0.3, -0.25) is 4.79 Å². The van der Waals surface area contributed by atoms with Gasteiger partial charge in [0.25, 0.3) is 0 Å². The third-order valence-corrected chi connectivity index (χ3v) is 5.59. The average Bonchev–Trinajstić information content (AvgIpc) is 3.48. The van der Waals surface area contributed by atoms with Crippen LogP contribution in [0.1, 0.15) is 55.0 Å². The van der Waals surface area contributed by atoms with Crippen LogP contribution in [0.5, 0.6) is 11.5 Å². The van der Waals surface area contributed by atoms with Gasteiger partial charge in [0.15, 0.2) is 11.5 Å². The van der Waals surface area contributed by atoms with E-state index in [0.717, 1.165) is 42.4 Å². The largest absolute Gasteiger partial charge is 0.493 e. The first-order chi connectivity index (χ1) is 16.0. The molecule has 1 fully saturated rings. The van der Waals surface area contributed by atoms with Gasteiger partial charge in [-0.15, -0.1) is 10.2 Å². The Morgan fingerprint density at radius 1 is 1.18 bits per heavy atom. The van der Waals surface area contributed by atoms with Crippen LogP contribution in [0.15, 0.2) is 46.9 Å². The molecule has 0 saturated heterocycles. The maximum Gasteiger partial charge on any atom is 0.304 e. The first-order valence-corrected chi connectivity index (χ1v) is 11.0. The minimum atomic E-state index is -0.918. The highest BCUT2D eigenvalue weighted by Crippen LogP contribution is 2.35. The van der Waals surface area contributed by atoms with Crippen LogP contribution in [0.25, 0.3) is 11.5 Å². The molecule has 4 rings (SSSR count). The summed E-state index contributed by atoms with van der Waals surface area (Å²) in [5.41, 5.74) is 2.27. The van der Waals surface area contributed by atoms with Crippen LogP contribution in [0.4, 0.5) is 0 Å². The van der Waals surface area contributed by atoms with E-state index in [9.17, 15) is 9.90 Å².